The van der Waals surface area contributed by atoms with E-state index in [1.54, 1.807) is 0 Å². The summed E-state index contributed by atoms with van der Waals surface area (Å²) < 4.78 is -5.40. The fourth-order valence-electron chi connectivity index (χ4n) is 1.63. The molecule has 0 spiro atoms. The molecule has 1 aliphatic rings. The number of halogens is 11. The highest BCUT2D eigenvalue weighted by molar-refractivity contribution is 6.72. The first kappa shape index (κ1) is 21.0. The Bertz CT molecular complexity index is 420. The van der Waals surface area contributed by atoms with Crippen molar-refractivity contribution in [3.63, 3.8) is 0 Å². The highest BCUT2D eigenvalue weighted by Gasteiger charge is 2.72. The molecule has 1 aliphatic carbocycles. The molecule has 0 heterocycles. The normalized spacial score (nSPS) is 30.8. The second kappa shape index (κ2) is 6.68. The van der Waals surface area contributed by atoms with E-state index >= 15 is 0 Å². The molecule has 0 aliphatic heterocycles. The van der Waals surface area contributed by atoms with E-state index in [2.05, 4.69) is 0 Å². The first-order chi connectivity index (χ1) is 8.69. The molecule has 0 nitrogen and oxygen atoms in total. The third-order valence-corrected chi connectivity index (χ3v) is 8.75. The maximum absolute atomic E-state index is 6.40. The second-order valence-electron chi connectivity index (χ2n) is 4.11. The maximum Gasteiger partial charge on any atom is 0.190 e. The lowest BCUT2D eigenvalue weighted by Crippen LogP contribution is -2.53. The van der Waals surface area contributed by atoms with E-state index in [1.165, 1.54) is 0 Å². The minimum absolute atomic E-state index is 0.0868. The summed E-state index contributed by atoms with van der Waals surface area (Å²) in [4.78, 5) is -1.73. The van der Waals surface area contributed by atoms with Crippen LogP contribution in [0, 0.1) is 0 Å². The van der Waals surface area contributed by atoms with Crippen LogP contribution in [0.4, 0.5) is 0 Å². The minimum Gasteiger partial charge on any atom is -0.121 e. The molecule has 0 aromatic rings. The van der Waals surface area contributed by atoms with Crippen LogP contribution in [0.25, 0.3) is 0 Å². The van der Waals surface area contributed by atoms with E-state index in [0.29, 0.717) is 0 Å². The topological polar surface area (TPSA) is 0 Å². The van der Waals surface area contributed by atoms with Gasteiger partial charge in [0.2, 0.25) is 0 Å². The van der Waals surface area contributed by atoms with Gasteiger partial charge in [0.15, 0.2) is 12.5 Å². The minimum atomic E-state index is -1.97. The van der Waals surface area contributed by atoms with Gasteiger partial charge in [0.05, 0.1) is 15.4 Å². The van der Waals surface area contributed by atoms with Crippen molar-refractivity contribution < 1.29 is 0 Å². The largest absolute Gasteiger partial charge is 0.190 e. The average molecular weight is 503 g/mol. The van der Waals surface area contributed by atoms with Gasteiger partial charge in [-0.15, -0.1) is 23.2 Å². The van der Waals surface area contributed by atoms with E-state index in [1.807, 2.05) is 0 Å². The van der Waals surface area contributed by atoms with E-state index in [4.69, 9.17) is 128 Å². The summed E-state index contributed by atoms with van der Waals surface area (Å²) in [6, 6.07) is 0. The molecule has 0 saturated carbocycles. The van der Waals surface area contributed by atoms with Gasteiger partial charge in [0, 0.05) is 0 Å². The number of rotatable bonds is 3. The van der Waals surface area contributed by atoms with Crippen LogP contribution in [0.2, 0.25) is 0 Å². The molecule has 1 rings (SSSR count). The zero-order chi connectivity index (χ0) is 16.1. The Hall–Kier alpha value is 2.93. The van der Waals surface area contributed by atoms with Gasteiger partial charge in [-0.1, -0.05) is 104 Å². The lowest BCUT2D eigenvalue weighted by Gasteiger charge is -2.40. The van der Waals surface area contributed by atoms with Crippen molar-refractivity contribution in [2.45, 2.75) is 35.6 Å². The molecule has 0 amide bonds. The number of alkyl halides is 9. The molecule has 0 radical (unpaired) electrons. The number of allylic oxidation sites excluding steroid dienone is 2. The molecular weight excluding hydrogens is 498 g/mol. The molecule has 0 aromatic carbocycles. The zero-order valence-electron chi connectivity index (χ0n) is 9.15. The number of hydrogen-bond donors (Lipinski definition) is 0. The Morgan fingerprint density at radius 2 is 1.35 bits per heavy atom. The summed E-state index contributed by atoms with van der Waals surface area (Å²) in [6.45, 7) is 0. The molecule has 0 fully saturated rings. The maximum atomic E-state index is 6.40. The molecule has 0 saturated heterocycles. The summed E-state index contributed by atoms with van der Waals surface area (Å²) in [5.41, 5.74) is 0. The van der Waals surface area contributed by atoms with Crippen molar-refractivity contribution in [3.05, 3.63) is 10.1 Å². The van der Waals surface area contributed by atoms with E-state index in [-0.39, 0.29) is 22.9 Å². The first-order valence-corrected chi connectivity index (χ1v) is 9.12. The van der Waals surface area contributed by atoms with E-state index in [9.17, 15) is 0 Å². The van der Waals surface area contributed by atoms with Gasteiger partial charge in [-0.25, -0.2) is 0 Å². The van der Waals surface area contributed by atoms with Crippen LogP contribution in [0.1, 0.15) is 12.8 Å². The van der Waals surface area contributed by atoms with Crippen LogP contribution in [0.3, 0.4) is 0 Å². The van der Waals surface area contributed by atoms with Crippen molar-refractivity contribution in [1.82, 2.24) is 0 Å². The molecule has 20 heavy (non-hydrogen) atoms. The summed E-state index contributed by atoms with van der Waals surface area (Å²) >= 11 is 66.1. The molecule has 0 N–H and O–H groups in total. The summed E-state index contributed by atoms with van der Waals surface area (Å²) in [6.07, 6.45) is 0.219. The Morgan fingerprint density at radius 1 is 0.900 bits per heavy atom. The smallest absolute Gasteiger partial charge is 0.121 e. The van der Waals surface area contributed by atoms with E-state index in [0.717, 1.165) is 0 Å². The average Bonchev–Trinajstić information content (AvgIpc) is 2.38. The van der Waals surface area contributed by atoms with Crippen molar-refractivity contribution in [1.29, 1.82) is 0 Å². The van der Waals surface area contributed by atoms with Crippen molar-refractivity contribution in [2.75, 3.05) is 0 Å². The number of hydrogen-bond acceptors (Lipinski definition) is 0. The molecule has 11 heteroatoms. The Kier molecular flexibility index (Phi) is 7.00. The SMILES string of the molecule is ClC1=C(Cl)C(Cl)(C(Cl)CCC(Cl)(Cl)Cl)C(Cl)(Cl)C1(Cl)Cl. The third-order valence-electron chi connectivity index (χ3n) is 2.75. The van der Waals surface area contributed by atoms with Gasteiger partial charge in [-0.2, -0.15) is 0 Å². The Morgan fingerprint density at radius 3 is 1.65 bits per heavy atom. The van der Waals surface area contributed by atoms with Crippen LogP contribution in [0.5, 0.6) is 0 Å². The fourth-order valence-corrected chi connectivity index (χ4v) is 5.12. The van der Waals surface area contributed by atoms with Crippen molar-refractivity contribution in [2.24, 2.45) is 0 Å². The predicted octanol–water partition coefficient (Wildman–Crippen LogP) is 7.77. The summed E-state index contributed by atoms with van der Waals surface area (Å²) in [5, 5.41) is -1.27. The highest BCUT2D eigenvalue weighted by Crippen LogP contribution is 2.68. The van der Waals surface area contributed by atoms with E-state index < -0.39 is 22.7 Å². The fraction of sp³-hybridized carbons (Fsp3) is 0.778. The molecular formula is C9H5Cl11. The van der Waals surface area contributed by atoms with Crippen LogP contribution in [0.15, 0.2) is 10.1 Å². The zero-order valence-corrected chi connectivity index (χ0v) is 17.5. The third kappa shape index (κ3) is 3.47. The van der Waals surface area contributed by atoms with Gasteiger partial charge in [0.25, 0.3) is 0 Å². The van der Waals surface area contributed by atoms with Gasteiger partial charge in [-0.05, 0) is 12.8 Å². The van der Waals surface area contributed by atoms with Crippen LogP contribution >= 0.6 is 128 Å². The van der Waals surface area contributed by atoms with Crippen LogP contribution < -0.4 is 0 Å². The van der Waals surface area contributed by atoms with Gasteiger partial charge >= 0.3 is 0 Å². The van der Waals surface area contributed by atoms with Gasteiger partial charge < -0.3 is 0 Å². The molecule has 118 valence electrons. The lowest BCUT2D eigenvalue weighted by atomic mass is 9.98. The monoisotopic (exact) mass is 498 g/mol. The summed E-state index contributed by atoms with van der Waals surface area (Å²) in [5.74, 6) is 0. The van der Waals surface area contributed by atoms with Gasteiger partial charge in [-0.3, -0.25) is 0 Å². The molecule has 2 unspecified atom stereocenters. The van der Waals surface area contributed by atoms with Crippen molar-refractivity contribution >= 4 is 128 Å². The van der Waals surface area contributed by atoms with Gasteiger partial charge in [0.1, 0.15) is 4.87 Å². The predicted molar refractivity (Wildman–Crippen MR) is 95.4 cm³/mol. The van der Waals surface area contributed by atoms with Crippen LogP contribution in [-0.2, 0) is 0 Å². The molecule has 2 atom stereocenters. The van der Waals surface area contributed by atoms with Crippen LogP contribution in [-0.4, -0.2) is 22.7 Å². The molecule has 0 aromatic heterocycles. The quantitative estimate of drug-likeness (QED) is 0.346. The molecule has 0 bridgehead atoms. The Balaban J connectivity index is 3.14. The standard InChI is InChI=1S/C9H5Cl11/c10-3(1-2-6(13,14)15)7(16)4(11)5(12)8(17,18)9(7,19)20/h3H,1-2H2. The summed E-state index contributed by atoms with van der Waals surface area (Å²) in [7, 11) is 0. The Labute approximate surface area is 171 Å². The second-order valence-corrected chi connectivity index (χ2v) is 11.2. The lowest BCUT2D eigenvalue weighted by molar-refractivity contribution is 0.538. The first-order valence-electron chi connectivity index (χ1n) is 4.91. The van der Waals surface area contributed by atoms with Crippen molar-refractivity contribution in [3.8, 4) is 0 Å². The highest BCUT2D eigenvalue weighted by atomic mass is 35.6.